The minimum Gasteiger partial charge on any atom is -0.397 e. The van der Waals surface area contributed by atoms with Crippen LogP contribution < -0.4 is 11.1 Å². The Morgan fingerprint density at radius 1 is 1.50 bits per heavy atom. The molecular weight excluding hydrogens is 210 g/mol. The van der Waals surface area contributed by atoms with E-state index in [1.807, 2.05) is 0 Å². The van der Waals surface area contributed by atoms with E-state index in [-0.39, 0.29) is 11.4 Å². The molecule has 1 aromatic carbocycles. The average molecular weight is 220 g/mol. The third-order valence-corrected chi connectivity index (χ3v) is 2.06. The number of hydrogen-bond acceptors (Lipinski definition) is 3. The molecule has 0 aliphatic carbocycles. The summed E-state index contributed by atoms with van der Waals surface area (Å²) in [6, 6.07) is 3.56. The maximum absolute atomic E-state index is 12.7. The Morgan fingerprint density at radius 2 is 2.14 bits per heavy atom. The lowest BCUT2D eigenvalue weighted by atomic mass is 10.2. The van der Waals surface area contributed by atoms with E-state index in [9.17, 15) is 8.96 Å². The van der Waals surface area contributed by atoms with Crippen LogP contribution in [-0.2, 0) is 4.57 Å². The second kappa shape index (κ2) is 3.96. The number of benzene rings is 1. The van der Waals surface area contributed by atoms with E-state index in [2.05, 4.69) is 5.32 Å². The standard InChI is InChI=1S/C7H10FN2O3P/c8-5-1-2-6(9)7(3-5)10-4-14(11,12)13/h1-3,10H,4,9H2,(H2,11,12,13). The summed E-state index contributed by atoms with van der Waals surface area (Å²) in [6.45, 7) is 0. The fraction of sp³-hybridized carbons (Fsp3) is 0.143. The van der Waals surface area contributed by atoms with Gasteiger partial charge in [-0.1, -0.05) is 0 Å². The normalized spacial score (nSPS) is 11.4. The van der Waals surface area contributed by atoms with Gasteiger partial charge in [0, 0.05) is 0 Å². The summed E-state index contributed by atoms with van der Waals surface area (Å²) in [5.74, 6) is -0.521. The highest BCUT2D eigenvalue weighted by atomic mass is 31.2. The van der Waals surface area contributed by atoms with Gasteiger partial charge in [-0.15, -0.1) is 0 Å². The summed E-state index contributed by atoms with van der Waals surface area (Å²) >= 11 is 0. The maximum Gasteiger partial charge on any atom is 0.344 e. The van der Waals surface area contributed by atoms with Crippen LogP contribution in [-0.4, -0.2) is 16.1 Å². The molecule has 0 atom stereocenters. The summed E-state index contributed by atoms with van der Waals surface area (Å²) in [4.78, 5) is 17.1. The molecule has 0 radical (unpaired) electrons. The highest BCUT2D eigenvalue weighted by molar-refractivity contribution is 7.51. The van der Waals surface area contributed by atoms with Gasteiger partial charge in [0.1, 0.15) is 12.1 Å². The minimum atomic E-state index is -4.16. The van der Waals surface area contributed by atoms with Gasteiger partial charge in [-0.25, -0.2) is 4.39 Å². The Morgan fingerprint density at radius 3 is 2.71 bits per heavy atom. The number of rotatable bonds is 3. The highest BCUT2D eigenvalue weighted by Gasteiger charge is 2.12. The van der Waals surface area contributed by atoms with E-state index in [0.717, 1.165) is 12.1 Å². The van der Waals surface area contributed by atoms with Crippen LogP contribution in [0, 0.1) is 5.82 Å². The fourth-order valence-corrected chi connectivity index (χ4v) is 1.25. The first-order chi connectivity index (χ1) is 6.38. The predicted molar refractivity (Wildman–Crippen MR) is 51.3 cm³/mol. The van der Waals surface area contributed by atoms with Gasteiger partial charge in [-0.05, 0) is 18.2 Å². The Bertz CT molecular complexity index is 379. The highest BCUT2D eigenvalue weighted by Crippen LogP contribution is 2.34. The first-order valence-corrected chi connectivity index (χ1v) is 5.52. The molecule has 0 aromatic heterocycles. The van der Waals surface area contributed by atoms with Crippen molar-refractivity contribution in [2.75, 3.05) is 17.3 Å². The van der Waals surface area contributed by atoms with Gasteiger partial charge >= 0.3 is 7.60 Å². The van der Waals surface area contributed by atoms with Crippen molar-refractivity contribution in [3.63, 3.8) is 0 Å². The molecule has 0 spiro atoms. The van der Waals surface area contributed by atoms with Crippen LogP contribution in [0.3, 0.4) is 0 Å². The molecule has 7 heteroatoms. The molecule has 0 fully saturated rings. The second-order valence-electron chi connectivity index (χ2n) is 2.73. The minimum absolute atomic E-state index is 0.174. The van der Waals surface area contributed by atoms with E-state index in [0.29, 0.717) is 0 Å². The van der Waals surface area contributed by atoms with E-state index in [1.54, 1.807) is 0 Å². The van der Waals surface area contributed by atoms with Crippen molar-refractivity contribution in [2.24, 2.45) is 0 Å². The molecule has 5 N–H and O–H groups in total. The number of hydrogen-bond donors (Lipinski definition) is 4. The Balaban J connectivity index is 2.76. The van der Waals surface area contributed by atoms with Crippen molar-refractivity contribution < 1.29 is 18.7 Å². The quantitative estimate of drug-likeness (QED) is 0.449. The van der Waals surface area contributed by atoms with Crippen LogP contribution in [0.25, 0.3) is 0 Å². The molecule has 0 saturated carbocycles. The van der Waals surface area contributed by atoms with Gasteiger partial charge in [-0.3, -0.25) is 4.57 Å². The van der Waals surface area contributed by atoms with Crippen molar-refractivity contribution >= 4 is 19.0 Å². The third kappa shape index (κ3) is 3.33. The summed E-state index contributed by atoms with van der Waals surface area (Å²) < 4.78 is 23.2. The number of anilines is 2. The number of halogens is 1. The Labute approximate surface area is 79.9 Å². The van der Waals surface area contributed by atoms with Crippen LogP contribution in [0.5, 0.6) is 0 Å². The molecule has 14 heavy (non-hydrogen) atoms. The zero-order valence-corrected chi connectivity index (χ0v) is 8.04. The van der Waals surface area contributed by atoms with Gasteiger partial charge in [-0.2, -0.15) is 0 Å². The number of nitrogens with one attached hydrogen (secondary N) is 1. The van der Waals surface area contributed by atoms with Gasteiger partial charge < -0.3 is 20.8 Å². The van der Waals surface area contributed by atoms with Crippen molar-refractivity contribution in [3.8, 4) is 0 Å². The van der Waals surface area contributed by atoms with Crippen LogP contribution in [0.15, 0.2) is 18.2 Å². The zero-order valence-electron chi connectivity index (χ0n) is 7.14. The molecule has 0 heterocycles. The molecule has 0 saturated heterocycles. The first kappa shape index (κ1) is 11.0. The molecule has 1 aromatic rings. The SMILES string of the molecule is Nc1ccc(F)cc1NCP(=O)(O)O. The van der Waals surface area contributed by atoms with Crippen molar-refractivity contribution in [3.05, 3.63) is 24.0 Å². The van der Waals surface area contributed by atoms with Crippen LogP contribution in [0.1, 0.15) is 0 Å². The first-order valence-electron chi connectivity index (χ1n) is 3.72. The molecule has 78 valence electrons. The molecule has 0 bridgehead atoms. The average Bonchev–Trinajstić information content (AvgIpc) is 2.05. The number of nitrogen functional groups attached to an aromatic ring is 1. The molecule has 1 rings (SSSR count). The van der Waals surface area contributed by atoms with E-state index in [4.69, 9.17) is 15.5 Å². The molecule has 0 unspecified atom stereocenters. The van der Waals surface area contributed by atoms with Crippen LogP contribution in [0.4, 0.5) is 15.8 Å². The van der Waals surface area contributed by atoms with Gasteiger partial charge in [0.2, 0.25) is 0 Å². The largest absolute Gasteiger partial charge is 0.397 e. The second-order valence-corrected chi connectivity index (χ2v) is 4.38. The van der Waals surface area contributed by atoms with Crippen molar-refractivity contribution in [1.29, 1.82) is 0 Å². The summed E-state index contributed by atoms with van der Waals surface area (Å²) in [5.41, 5.74) is 5.85. The summed E-state index contributed by atoms with van der Waals surface area (Å²) in [6.07, 6.45) is -0.569. The number of nitrogens with two attached hydrogens (primary N) is 1. The van der Waals surface area contributed by atoms with E-state index < -0.39 is 19.7 Å². The zero-order chi connectivity index (χ0) is 10.8. The molecule has 5 nitrogen and oxygen atoms in total. The van der Waals surface area contributed by atoms with Crippen molar-refractivity contribution in [2.45, 2.75) is 0 Å². The lowest BCUT2D eigenvalue weighted by Gasteiger charge is -2.09. The van der Waals surface area contributed by atoms with Crippen molar-refractivity contribution in [1.82, 2.24) is 0 Å². The van der Waals surface area contributed by atoms with E-state index >= 15 is 0 Å². The van der Waals surface area contributed by atoms with Crippen LogP contribution >= 0.6 is 7.60 Å². The predicted octanol–water partition coefficient (Wildman–Crippen LogP) is 0.955. The van der Waals surface area contributed by atoms with Gasteiger partial charge in [0.15, 0.2) is 0 Å². The van der Waals surface area contributed by atoms with Crippen LogP contribution in [0.2, 0.25) is 0 Å². The summed E-state index contributed by atoms with van der Waals surface area (Å²) in [5, 5.41) is 2.37. The smallest absolute Gasteiger partial charge is 0.344 e. The molecular formula is C7H10FN2O3P. The van der Waals surface area contributed by atoms with Gasteiger partial charge in [0.25, 0.3) is 0 Å². The summed E-state index contributed by atoms with van der Waals surface area (Å²) in [7, 11) is -4.16. The third-order valence-electron chi connectivity index (χ3n) is 1.49. The Hall–Kier alpha value is -1.10. The topological polar surface area (TPSA) is 95.6 Å². The van der Waals surface area contributed by atoms with Gasteiger partial charge in [0.05, 0.1) is 11.4 Å². The lowest BCUT2D eigenvalue weighted by molar-refractivity contribution is 0.375. The monoisotopic (exact) mass is 220 g/mol. The Kier molecular flexibility index (Phi) is 3.10. The lowest BCUT2D eigenvalue weighted by Crippen LogP contribution is -2.04. The molecule has 0 aliphatic heterocycles. The maximum atomic E-state index is 12.7. The molecule has 0 aliphatic rings. The van der Waals surface area contributed by atoms with E-state index in [1.165, 1.54) is 6.07 Å². The fourth-order valence-electron chi connectivity index (χ4n) is 0.870. The molecule has 0 amide bonds.